The van der Waals surface area contributed by atoms with E-state index in [1.165, 1.54) is 21.1 Å². The van der Waals surface area contributed by atoms with Crippen molar-refractivity contribution in [3.05, 3.63) is 0 Å². The standard InChI is InChI=1S/C38H69NO12/c1-15-27-38(10,45)31(42)23(6)29(40)19(2)17-37(9,47-14)33(51-35-30(41)25(39(11)12)16-20(3)48-35)21(4)28(22(5)34(44)50-27)26-18-36(8,46-13)32(43)24(7)49-26/h19-28,30-33,35,41-43,45H,15-18H2,1-14H3/t19-,20-,21+,22-,23+,24+,25-,26-,27-,28?,30-,31-,32+,33-,35+,36-,37-,38-/m1/s1. The maximum absolute atomic E-state index is 14.3. The largest absolute Gasteiger partial charge is 0.459 e. The Balaban J connectivity index is 2.28. The van der Waals surface area contributed by atoms with Gasteiger partial charge in [0.25, 0.3) is 0 Å². The highest BCUT2D eigenvalue weighted by molar-refractivity contribution is 5.83. The highest BCUT2D eigenvalue weighted by atomic mass is 16.7. The average Bonchev–Trinajstić information content (AvgIpc) is 3.07. The molecule has 0 aromatic heterocycles. The minimum Gasteiger partial charge on any atom is -0.459 e. The van der Waals surface area contributed by atoms with Gasteiger partial charge >= 0.3 is 5.97 Å². The number of carbonyl (C=O) groups is 2. The summed E-state index contributed by atoms with van der Waals surface area (Å²) >= 11 is 0. The van der Waals surface area contributed by atoms with Gasteiger partial charge in [0.2, 0.25) is 0 Å². The molecule has 1 unspecified atom stereocenters. The molecule has 0 radical (unpaired) electrons. The van der Waals surface area contributed by atoms with Crippen molar-refractivity contribution >= 4 is 11.8 Å². The molecule has 13 nitrogen and oxygen atoms in total. The molecular weight excluding hydrogens is 662 g/mol. The number of ether oxygens (including phenoxy) is 6. The maximum atomic E-state index is 14.3. The SMILES string of the molecule is CC[C@H]1OC(=O)[C@H](C)C([C@H]2C[C@@](C)(OC)[C@@H](O)[C@H](C)O2)[C@H](C)[C@@H](O[C@@H]2O[C@H](C)C[C@@H](N(C)C)[C@H]2O)[C@](C)(OC)C[C@@H](C)C(=O)[C@H](C)[C@@H](O)[C@]1(C)O. The summed E-state index contributed by atoms with van der Waals surface area (Å²) in [6, 6.07) is -0.265. The van der Waals surface area contributed by atoms with Gasteiger partial charge in [0.15, 0.2) is 6.29 Å². The van der Waals surface area contributed by atoms with Crippen LogP contribution in [0.15, 0.2) is 0 Å². The zero-order chi connectivity index (χ0) is 39.0. The van der Waals surface area contributed by atoms with Gasteiger partial charge in [-0.2, -0.15) is 0 Å². The molecule has 0 amide bonds. The van der Waals surface area contributed by atoms with Gasteiger partial charge in [0.1, 0.15) is 29.7 Å². The first-order chi connectivity index (χ1) is 23.5. The summed E-state index contributed by atoms with van der Waals surface area (Å²) in [5.41, 5.74) is -4.16. The first-order valence-electron chi connectivity index (χ1n) is 18.7. The van der Waals surface area contributed by atoms with E-state index >= 15 is 0 Å². The molecule has 3 saturated heterocycles. The van der Waals surface area contributed by atoms with Crippen LogP contribution < -0.4 is 0 Å². The normalized spacial score (nSPS) is 49.7. The molecule has 18 atom stereocenters. The quantitative estimate of drug-likeness (QED) is 0.282. The van der Waals surface area contributed by atoms with Gasteiger partial charge in [-0.1, -0.05) is 34.6 Å². The van der Waals surface area contributed by atoms with Crippen LogP contribution in [0.5, 0.6) is 0 Å². The van der Waals surface area contributed by atoms with Crippen molar-refractivity contribution in [1.82, 2.24) is 4.90 Å². The molecule has 0 saturated carbocycles. The van der Waals surface area contributed by atoms with Crippen LogP contribution in [0.2, 0.25) is 0 Å². The Labute approximate surface area is 305 Å². The van der Waals surface area contributed by atoms with Crippen LogP contribution in [0.3, 0.4) is 0 Å². The van der Waals surface area contributed by atoms with Crippen molar-refractivity contribution < 1.29 is 58.4 Å². The zero-order valence-electron chi connectivity index (χ0n) is 33.5. The molecule has 298 valence electrons. The highest BCUT2D eigenvalue weighted by Crippen LogP contribution is 2.46. The van der Waals surface area contributed by atoms with E-state index in [1.807, 2.05) is 46.7 Å². The van der Waals surface area contributed by atoms with E-state index in [0.717, 1.165) is 0 Å². The molecule has 0 aromatic rings. The van der Waals surface area contributed by atoms with Gasteiger partial charge in [-0.05, 0) is 73.9 Å². The van der Waals surface area contributed by atoms with E-state index < -0.39 is 101 Å². The van der Waals surface area contributed by atoms with Gasteiger partial charge in [-0.25, -0.2) is 0 Å². The molecule has 0 bridgehead atoms. The summed E-state index contributed by atoms with van der Waals surface area (Å²) in [5, 5.41) is 45.9. The Bertz CT molecular complexity index is 1170. The Morgan fingerprint density at radius 3 is 1.98 bits per heavy atom. The van der Waals surface area contributed by atoms with Gasteiger partial charge < -0.3 is 53.7 Å². The number of ketones is 1. The van der Waals surface area contributed by atoms with Crippen LogP contribution in [0.1, 0.15) is 94.9 Å². The summed E-state index contributed by atoms with van der Waals surface area (Å²) in [5.74, 6) is -4.72. The van der Waals surface area contributed by atoms with Crippen molar-refractivity contribution in [2.24, 2.45) is 29.6 Å². The first-order valence-corrected chi connectivity index (χ1v) is 18.7. The lowest BCUT2D eigenvalue weighted by molar-refractivity contribution is -0.304. The number of hydrogen-bond acceptors (Lipinski definition) is 13. The lowest BCUT2D eigenvalue weighted by Gasteiger charge is -2.52. The van der Waals surface area contributed by atoms with Crippen LogP contribution in [0.25, 0.3) is 0 Å². The van der Waals surface area contributed by atoms with E-state index in [4.69, 9.17) is 28.4 Å². The third-order valence-electron chi connectivity index (χ3n) is 12.6. The summed E-state index contributed by atoms with van der Waals surface area (Å²) in [6.07, 6.45) is -7.05. The molecule has 3 fully saturated rings. The lowest BCUT2D eigenvalue weighted by atomic mass is 9.67. The van der Waals surface area contributed by atoms with Gasteiger partial charge in [0, 0.05) is 44.4 Å². The lowest BCUT2D eigenvalue weighted by Crippen LogP contribution is -2.62. The number of aliphatic hydroxyl groups is 4. The minimum absolute atomic E-state index is 0.144. The second-order valence-electron chi connectivity index (χ2n) is 16.7. The number of likely N-dealkylation sites (N-methyl/N-ethyl adjacent to an activating group) is 1. The van der Waals surface area contributed by atoms with Crippen LogP contribution in [-0.4, -0.2) is 143 Å². The molecule has 3 aliphatic heterocycles. The van der Waals surface area contributed by atoms with Crippen molar-refractivity contribution in [1.29, 1.82) is 0 Å². The third kappa shape index (κ3) is 9.01. The zero-order valence-corrected chi connectivity index (χ0v) is 33.5. The van der Waals surface area contributed by atoms with E-state index in [9.17, 15) is 30.0 Å². The van der Waals surface area contributed by atoms with E-state index in [2.05, 4.69) is 0 Å². The minimum atomic E-state index is -1.94. The summed E-state index contributed by atoms with van der Waals surface area (Å²) in [4.78, 5) is 30.2. The van der Waals surface area contributed by atoms with Crippen LogP contribution in [0, 0.1) is 29.6 Å². The number of carbonyl (C=O) groups excluding carboxylic acids is 2. The molecule has 0 aliphatic carbocycles. The van der Waals surface area contributed by atoms with Gasteiger partial charge in [-0.15, -0.1) is 0 Å². The highest BCUT2D eigenvalue weighted by Gasteiger charge is 2.56. The van der Waals surface area contributed by atoms with Crippen molar-refractivity contribution in [2.45, 2.75) is 173 Å². The monoisotopic (exact) mass is 731 g/mol. The number of rotatable bonds is 7. The van der Waals surface area contributed by atoms with E-state index in [1.54, 1.807) is 34.6 Å². The van der Waals surface area contributed by atoms with Gasteiger partial charge in [0.05, 0.1) is 47.6 Å². The summed E-state index contributed by atoms with van der Waals surface area (Å²) < 4.78 is 37.9. The molecular formula is C38H69NO12. The Hall–Kier alpha value is -1.26. The molecule has 3 aliphatic rings. The summed E-state index contributed by atoms with van der Waals surface area (Å²) in [7, 11) is 6.85. The fourth-order valence-electron chi connectivity index (χ4n) is 9.13. The fourth-order valence-corrected chi connectivity index (χ4v) is 9.13. The molecule has 0 spiro atoms. The molecule has 3 heterocycles. The van der Waals surface area contributed by atoms with Crippen LogP contribution in [0.4, 0.5) is 0 Å². The van der Waals surface area contributed by atoms with Crippen molar-refractivity contribution in [2.75, 3.05) is 28.3 Å². The maximum Gasteiger partial charge on any atom is 0.309 e. The number of esters is 1. The fraction of sp³-hybridized carbons (Fsp3) is 0.947. The smallest absolute Gasteiger partial charge is 0.309 e. The molecule has 4 N–H and O–H groups in total. The first kappa shape index (κ1) is 44.1. The molecule has 51 heavy (non-hydrogen) atoms. The topological polar surface area (TPSA) is 174 Å². The predicted octanol–water partition coefficient (Wildman–Crippen LogP) is 2.71. The molecule has 0 aromatic carbocycles. The number of Topliss-reactive ketones (excluding diaryl/α,β-unsaturated/α-hetero) is 1. The number of hydrogen-bond donors (Lipinski definition) is 4. The van der Waals surface area contributed by atoms with E-state index in [0.29, 0.717) is 6.42 Å². The number of cyclic esters (lactones) is 1. The number of methoxy groups -OCH3 is 2. The van der Waals surface area contributed by atoms with Crippen LogP contribution >= 0.6 is 0 Å². The van der Waals surface area contributed by atoms with Gasteiger partial charge in [-0.3, -0.25) is 9.59 Å². The predicted molar refractivity (Wildman–Crippen MR) is 190 cm³/mol. The molecule has 13 heteroatoms. The van der Waals surface area contributed by atoms with E-state index in [-0.39, 0.29) is 37.2 Å². The average molecular weight is 732 g/mol. The Morgan fingerprint density at radius 1 is 0.863 bits per heavy atom. The molecule has 3 rings (SSSR count). The van der Waals surface area contributed by atoms with Crippen molar-refractivity contribution in [3.8, 4) is 0 Å². The Kier molecular flexibility index (Phi) is 14.7. The third-order valence-corrected chi connectivity index (χ3v) is 12.6. The Morgan fingerprint density at radius 2 is 1.45 bits per heavy atom. The van der Waals surface area contributed by atoms with Crippen molar-refractivity contribution in [3.63, 3.8) is 0 Å². The second kappa shape index (κ2) is 17.0. The number of aliphatic hydroxyl groups excluding tert-OH is 3. The van der Waals surface area contributed by atoms with Crippen LogP contribution in [-0.2, 0) is 38.0 Å². The summed E-state index contributed by atoms with van der Waals surface area (Å²) in [6.45, 7) is 17.5. The second-order valence-corrected chi connectivity index (χ2v) is 16.7. The number of nitrogens with zero attached hydrogens (tertiary/aromatic N) is 1.